The fraction of sp³-hybridized carbons (Fsp3) is 0.353. The highest BCUT2D eigenvalue weighted by Crippen LogP contribution is 2.18. The van der Waals surface area contributed by atoms with Gasteiger partial charge in [-0.05, 0) is 18.2 Å². The smallest absolute Gasteiger partial charge is 0.286 e. The number of thiazole rings is 1. The maximum atomic E-state index is 12.1. The van der Waals surface area contributed by atoms with E-state index in [9.17, 15) is 4.79 Å². The molecule has 7 nitrogen and oxygen atoms in total. The summed E-state index contributed by atoms with van der Waals surface area (Å²) in [5, 5.41) is 10.5. The Morgan fingerprint density at radius 2 is 2.32 bits per heavy atom. The van der Waals surface area contributed by atoms with Crippen molar-refractivity contribution < 1.29 is 9.21 Å². The molecule has 1 atom stereocenters. The molecule has 1 N–H and O–H groups in total. The molecule has 1 amide bonds. The van der Waals surface area contributed by atoms with Crippen molar-refractivity contribution in [3.63, 3.8) is 0 Å². The molecular formula is C17H19N5O2S. The standard InChI is InChI=1S/C17H19N5O2S/c23-17(15-2-1-6-24-15)19-8-13-9-21(12-16-18-5-7-25-16)11-14-3-4-20-22(14)10-13/h1-7,13H,8-12H2,(H,19,23)/t13-/m0/s1. The van der Waals surface area contributed by atoms with E-state index in [0.29, 0.717) is 12.3 Å². The van der Waals surface area contributed by atoms with Crippen LogP contribution >= 0.6 is 11.3 Å². The summed E-state index contributed by atoms with van der Waals surface area (Å²) >= 11 is 1.67. The minimum absolute atomic E-state index is 0.179. The SMILES string of the molecule is O=C(NC[C@H]1CN(Cc2nccs2)Cc2ccnn2C1)c1ccco1. The predicted octanol–water partition coefficient (Wildman–Crippen LogP) is 1.99. The summed E-state index contributed by atoms with van der Waals surface area (Å²) in [5.74, 6) is 0.425. The molecular weight excluding hydrogens is 338 g/mol. The molecule has 0 aliphatic carbocycles. The Balaban J connectivity index is 1.44. The van der Waals surface area contributed by atoms with E-state index < -0.39 is 0 Å². The number of hydrogen-bond donors (Lipinski definition) is 1. The lowest BCUT2D eigenvalue weighted by Crippen LogP contribution is -2.36. The van der Waals surface area contributed by atoms with Gasteiger partial charge in [0, 0.05) is 49.9 Å². The van der Waals surface area contributed by atoms with Crippen LogP contribution in [0.1, 0.15) is 21.3 Å². The van der Waals surface area contributed by atoms with Crippen LogP contribution in [0.5, 0.6) is 0 Å². The van der Waals surface area contributed by atoms with E-state index in [1.54, 1.807) is 23.5 Å². The first-order valence-corrected chi connectivity index (χ1v) is 9.09. The highest BCUT2D eigenvalue weighted by molar-refractivity contribution is 7.09. The van der Waals surface area contributed by atoms with Crippen molar-refractivity contribution in [3.05, 3.63) is 58.7 Å². The van der Waals surface area contributed by atoms with E-state index >= 15 is 0 Å². The van der Waals surface area contributed by atoms with Crippen LogP contribution in [0.2, 0.25) is 0 Å². The molecule has 0 saturated heterocycles. The topological polar surface area (TPSA) is 76.2 Å². The summed E-state index contributed by atoms with van der Waals surface area (Å²) in [4.78, 5) is 18.9. The van der Waals surface area contributed by atoms with E-state index in [0.717, 1.165) is 31.2 Å². The molecule has 0 spiro atoms. The third-order valence-electron chi connectivity index (χ3n) is 4.28. The van der Waals surface area contributed by atoms with Crippen LogP contribution < -0.4 is 5.32 Å². The molecule has 4 heterocycles. The van der Waals surface area contributed by atoms with Crippen LogP contribution in [0.4, 0.5) is 0 Å². The average Bonchev–Trinajstić information content (AvgIpc) is 3.35. The second kappa shape index (κ2) is 7.20. The van der Waals surface area contributed by atoms with Gasteiger partial charge in [0.05, 0.1) is 18.5 Å². The summed E-state index contributed by atoms with van der Waals surface area (Å²) in [6.07, 6.45) is 5.18. The number of amides is 1. The monoisotopic (exact) mass is 357 g/mol. The van der Waals surface area contributed by atoms with Crippen molar-refractivity contribution in [1.29, 1.82) is 0 Å². The van der Waals surface area contributed by atoms with Gasteiger partial charge in [-0.1, -0.05) is 0 Å². The van der Waals surface area contributed by atoms with Gasteiger partial charge < -0.3 is 9.73 Å². The molecule has 1 aliphatic heterocycles. The lowest BCUT2D eigenvalue weighted by Gasteiger charge is -2.23. The molecule has 0 saturated carbocycles. The molecule has 0 bridgehead atoms. The molecule has 8 heteroatoms. The molecule has 1 aliphatic rings. The van der Waals surface area contributed by atoms with Gasteiger partial charge >= 0.3 is 0 Å². The van der Waals surface area contributed by atoms with Crippen LogP contribution in [0, 0.1) is 5.92 Å². The lowest BCUT2D eigenvalue weighted by atomic mass is 10.1. The van der Waals surface area contributed by atoms with E-state index in [2.05, 4.69) is 26.4 Å². The Kier molecular flexibility index (Phi) is 4.62. The predicted molar refractivity (Wildman–Crippen MR) is 93.0 cm³/mol. The Morgan fingerprint density at radius 1 is 1.36 bits per heavy atom. The van der Waals surface area contributed by atoms with E-state index in [1.807, 2.05) is 22.5 Å². The van der Waals surface area contributed by atoms with Gasteiger partial charge in [-0.3, -0.25) is 14.4 Å². The summed E-state index contributed by atoms with van der Waals surface area (Å²) < 4.78 is 7.18. The van der Waals surface area contributed by atoms with Gasteiger partial charge in [-0.15, -0.1) is 11.3 Å². The van der Waals surface area contributed by atoms with Crippen LogP contribution in [0.15, 0.2) is 46.7 Å². The Bertz CT molecular complexity index is 812. The van der Waals surface area contributed by atoms with Crippen molar-refractivity contribution in [3.8, 4) is 0 Å². The number of rotatable bonds is 5. The van der Waals surface area contributed by atoms with Gasteiger partial charge in [0.2, 0.25) is 0 Å². The first-order chi connectivity index (χ1) is 12.3. The first kappa shape index (κ1) is 16.0. The molecule has 3 aromatic rings. The Labute approximate surface area is 149 Å². The Hall–Kier alpha value is -2.45. The Morgan fingerprint density at radius 3 is 3.12 bits per heavy atom. The minimum atomic E-state index is -0.179. The quantitative estimate of drug-likeness (QED) is 0.756. The van der Waals surface area contributed by atoms with E-state index in [-0.39, 0.29) is 11.8 Å². The van der Waals surface area contributed by atoms with Crippen LogP contribution in [-0.4, -0.2) is 38.7 Å². The number of furan rings is 1. The fourth-order valence-corrected chi connectivity index (χ4v) is 3.78. The third-order valence-corrected chi connectivity index (χ3v) is 5.04. The van der Waals surface area contributed by atoms with E-state index in [4.69, 9.17) is 4.42 Å². The van der Waals surface area contributed by atoms with Crippen molar-refractivity contribution in [1.82, 2.24) is 25.0 Å². The number of nitrogens with zero attached hydrogens (tertiary/aromatic N) is 4. The van der Waals surface area contributed by atoms with Crippen LogP contribution in [0.25, 0.3) is 0 Å². The summed E-state index contributed by atoms with van der Waals surface area (Å²) in [6.45, 7) is 3.89. The number of carbonyl (C=O) groups is 1. The largest absolute Gasteiger partial charge is 0.459 e. The molecule has 3 aromatic heterocycles. The maximum absolute atomic E-state index is 12.1. The second-order valence-electron chi connectivity index (χ2n) is 6.15. The molecule has 0 aromatic carbocycles. The zero-order chi connectivity index (χ0) is 17.1. The second-order valence-corrected chi connectivity index (χ2v) is 7.13. The van der Waals surface area contributed by atoms with Crippen LogP contribution in [0.3, 0.4) is 0 Å². The molecule has 130 valence electrons. The molecule has 4 rings (SSSR count). The van der Waals surface area contributed by atoms with Gasteiger partial charge in [0.15, 0.2) is 5.76 Å². The van der Waals surface area contributed by atoms with E-state index in [1.165, 1.54) is 12.0 Å². The lowest BCUT2D eigenvalue weighted by molar-refractivity contribution is 0.0912. The summed E-state index contributed by atoms with van der Waals surface area (Å²) in [5.41, 5.74) is 1.19. The summed E-state index contributed by atoms with van der Waals surface area (Å²) in [6, 6.07) is 5.44. The van der Waals surface area contributed by atoms with Crippen molar-refractivity contribution >= 4 is 17.2 Å². The zero-order valence-corrected chi connectivity index (χ0v) is 14.5. The molecule has 0 unspecified atom stereocenters. The number of aromatic nitrogens is 3. The molecule has 0 radical (unpaired) electrons. The molecule has 25 heavy (non-hydrogen) atoms. The number of carbonyl (C=O) groups excluding carboxylic acids is 1. The van der Waals surface area contributed by atoms with Gasteiger partial charge in [0.1, 0.15) is 5.01 Å². The fourth-order valence-electron chi connectivity index (χ4n) is 3.12. The molecule has 0 fully saturated rings. The van der Waals surface area contributed by atoms with Crippen LogP contribution in [-0.2, 0) is 19.6 Å². The number of nitrogens with one attached hydrogen (secondary N) is 1. The first-order valence-electron chi connectivity index (χ1n) is 8.21. The number of fused-ring (bicyclic) bond motifs is 1. The van der Waals surface area contributed by atoms with Crippen molar-refractivity contribution in [2.24, 2.45) is 5.92 Å². The number of hydrogen-bond acceptors (Lipinski definition) is 6. The maximum Gasteiger partial charge on any atom is 0.286 e. The minimum Gasteiger partial charge on any atom is -0.459 e. The van der Waals surface area contributed by atoms with Gasteiger partial charge in [0.25, 0.3) is 5.91 Å². The highest BCUT2D eigenvalue weighted by Gasteiger charge is 2.23. The zero-order valence-electron chi connectivity index (χ0n) is 13.7. The average molecular weight is 357 g/mol. The van der Waals surface area contributed by atoms with Gasteiger partial charge in [-0.25, -0.2) is 4.98 Å². The third kappa shape index (κ3) is 3.80. The van der Waals surface area contributed by atoms with Gasteiger partial charge in [-0.2, -0.15) is 5.10 Å². The highest BCUT2D eigenvalue weighted by atomic mass is 32.1. The van der Waals surface area contributed by atoms with Crippen molar-refractivity contribution in [2.75, 3.05) is 13.1 Å². The van der Waals surface area contributed by atoms with Crippen molar-refractivity contribution in [2.45, 2.75) is 19.6 Å². The normalized spacial score (nSPS) is 17.8. The summed E-state index contributed by atoms with van der Waals surface area (Å²) in [7, 11) is 0.